The minimum absolute atomic E-state index is 0.0997. The number of ether oxygens (including phenoxy) is 4. The van der Waals surface area contributed by atoms with Gasteiger partial charge < -0.3 is 33.3 Å². The molecule has 1 aliphatic heterocycles. The zero-order valence-corrected chi connectivity index (χ0v) is 18.5. The van der Waals surface area contributed by atoms with Gasteiger partial charge in [0, 0.05) is 41.9 Å². The Kier molecular flexibility index (Phi) is 9.47. The van der Waals surface area contributed by atoms with Crippen molar-refractivity contribution >= 4 is 31.4 Å². The first kappa shape index (κ1) is 25.6. The molecule has 0 bridgehead atoms. The predicted octanol–water partition coefficient (Wildman–Crippen LogP) is 0.645. The second-order valence-corrected chi connectivity index (χ2v) is 8.48. The summed E-state index contributed by atoms with van der Waals surface area (Å²) in [5.74, 6) is -2.80. The van der Waals surface area contributed by atoms with Crippen LogP contribution in [0, 0.1) is 0 Å². The number of amides is 1. The molecule has 0 unspecified atom stereocenters. The van der Waals surface area contributed by atoms with Crippen LogP contribution in [0.15, 0.2) is 11.5 Å². The van der Waals surface area contributed by atoms with E-state index in [1.54, 1.807) is 0 Å². The van der Waals surface area contributed by atoms with Crippen molar-refractivity contribution < 1.29 is 51.7 Å². The van der Waals surface area contributed by atoms with Gasteiger partial charge in [-0.25, -0.2) is 0 Å². The van der Waals surface area contributed by atoms with Crippen LogP contribution < -0.4 is 5.32 Å². The molecule has 0 aromatic carbocycles. The van der Waals surface area contributed by atoms with Gasteiger partial charge >= 0.3 is 25.5 Å². The summed E-state index contributed by atoms with van der Waals surface area (Å²) in [7, 11) is -1.37. The van der Waals surface area contributed by atoms with Crippen LogP contribution in [-0.4, -0.2) is 69.1 Å². The summed E-state index contributed by atoms with van der Waals surface area (Å²) in [5.41, 5.74) is -0.0997. The highest BCUT2D eigenvalue weighted by Crippen LogP contribution is 2.49. The molecule has 1 N–H and O–H groups in total. The third-order valence-electron chi connectivity index (χ3n) is 3.79. The first-order valence-corrected chi connectivity index (χ1v) is 10.5. The van der Waals surface area contributed by atoms with Crippen molar-refractivity contribution in [2.45, 2.75) is 46.0 Å². The lowest BCUT2D eigenvalue weighted by Gasteiger charge is -2.39. The molecule has 30 heavy (non-hydrogen) atoms. The molecule has 1 heterocycles. The Morgan fingerprint density at radius 1 is 0.967 bits per heavy atom. The van der Waals surface area contributed by atoms with E-state index in [1.807, 2.05) is 0 Å². The summed E-state index contributed by atoms with van der Waals surface area (Å²) in [5, 5.41) is 2.45. The molecule has 1 amide bonds. The third-order valence-corrected chi connectivity index (χ3v) is 5.58. The van der Waals surface area contributed by atoms with Gasteiger partial charge in [0.1, 0.15) is 24.2 Å². The molecule has 1 aliphatic rings. The fraction of sp³-hybridized carbons (Fsp3) is 0.647. The van der Waals surface area contributed by atoms with Crippen LogP contribution in [0.25, 0.3) is 0 Å². The van der Waals surface area contributed by atoms with Crippen LogP contribution in [0.3, 0.4) is 0 Å². The molecule has 0 radical (unpaired) electrons. The second kappa shape index (κ2) is 11.1. The lowest BCUT2D eigenvalue weighted by Crippen LogP contribution is -2.54. The quantitative estimate of drug-likeness (QED) is 0.299. The van der Waals surface area contributed by atoms with Gasteiger partial charge in [-0.05, 0) is 0 Å². The number of carbonyl (C=O) groups is 4. The Bertz CT molecular complexity index is 755. The molecule has 3 atom stereocenters. The average molecular weight is 451 g/mol. The van der Waals surface area contributed by atoms with Crippen molar-refractivity contribution in [1.82, 2.24) is 5.32 Å². The van der Waals surface area contributed by atoms with Gasteiger partial charge in [0.2, 0.25) is 5.91 Å². The molecule has 0 aromatic rings. The molecule has 0 saturated heterocycles. The van der Waals surface area contributed by atoms with E-state index < -0.39 is 55.9 Å². The summed E-state index contributed by atoms with van der Waals surface area (Å²) in [6, 6.07) is 0. The Hall–Kier alpha value is -2.43. The maximum Gasteiger partial charge on any atom is 0.337 e. The summed E-state index contributed by atoms with van der Waals surface area (Å²) < 4.78 is 43.7. The fourth-order valence-electron chi connectivity index (χ4n) is 2.63. The lowest BCUT2D eigenvalue weighted by molar-refractivity contribution is -0.183. The van der Waals surface area contributed by atoms with Gasteiger partial charge in [-0.1, -0.05) is 0 Å². The highest BCUT2D eigenvalue weighted by atomic mass is 31.2. The van der Waals surface area contributed by atoms with Crippen LogP contribution in [0.1, 0.15) is 27.7 Å². The topological polar surface area (TPSA) is 153 Å². The summed E-state index contributed by atoms with van der Waals surface area (Å²) in [6.07, 6.45) is -4.21. The van der Waals surface area contributed by atoms with Crippen molar-refractivity contribution in [3.05, 3.63) is 11.5 Å². The minimum atomic E-state index is -3.69. The second-order valence-electron chi connectivity index (χ2n) is 6.22. The van der Waals surface area contributed by atoms with Gasteiger partial charge in [0.25, 0.3) is 0 Å². The zero-order valence-electron chi connectivity index (χ0n) is 17.6. The number of hydrogen-bond donors (Lipinski definition) is 1. The highest BCUT2D eigenvalue weighted by molar-refractivity contribution is 7.54. The van der Waals surface area contributed by atoms with Crippen molar-refractivity contribution in [3.63, 3.8) is 0 Å². The number of nitrogens with one attached hydrogen (secondary N) is 1. The molecule has 1 rings (SSSR count). The molecule has 0 aliphatic carbocycles. The van der Waals surface area contributed by atoms with Crippen molar-refractivity contribution in [3.8, 4) is 0 Å². The van der Waals surface area contributed by atoms with Crippen LogP contribution in [0.5, 0.6) is 0 Å². The zero-order chi connectivity index (χ0) is 23.1. The van der Waals surface area contributed by atoms with E-state index in [4.69, 9.17) is 28.0 Å². The van der Waals surface area contributed by atoms with E-state index >= 15 is 0 Å². The van der Waals surface area contributed by atoms with E-state index in [0.29, 0.717) is 0 Å². The first-order chi connectivity index (χ1) is 13.9. The molecule has 170 valence electrons. The SMILES string of the molecule is COP(=O)(CC1=C(NC(C)=O)[C@@H](OC(C)=O)[C@H](OC(C)=O)[C@@H](COC(C)=O)O1)OC. The summed E-state index contributed by atoms with van der Waals surface area (Å²) in [4.78, 5) is 46.4. The van der Waals surface area contributed by atoms with E-state index in [2.05, 4.69) is 5.32 Å². The molecule has 0 spiro atoms. The third kappa shape index (κ3) is 7.43. The van der Waals surface area contributed by atoms with Gasteiger partial charge in [0.15, 0.2) is 18.3 Å². The predicted molar refractivity (Wildman–Crippen MR) is 99.9 cm³/mol. The van der Waals surface area contributed by atoms with E-state index in [9.17, 15) is 23.7 Å². The van der Waals surface area contributed by atoms with Gasteiger partial charge in [-0.15, -0.1) is 0 Å². The highest BCUT2D eigenvalue weighted by Gasteiger charge is 2.47. The number of hydrogen-bond acceptors (Lipinski definition) is 11. The minimum Gasteiger partial charge on any atom is -0.484 e. The Balaban J connectivity index is 3.56. The van der Waals surface area contributed by atoms with Gasteiger partial charge in [0.05, 0.1) is 0 Å². The standard InChI is InChI=1S/C17H26NO11P/c1-9(19)18-15-14(8-30(23,24-5)25-6)29-13(7-26-10(2)20)16(27-11(3)21)17(15)28-12(4)22/h13,16-17H,7-8H2,1-6H3,(H,18,19)/t13-,16-,17-/m1/s1. The molecular weight excluding hydrogens is 425 g/mol. The van der Waals surface area contributed by atoms with Gasteiger partial charge in [-0.2, -0.15) is 0 Å². The Morgan fingerprint density at radius 2 is 1.53 bits per heavy atom. The Labute approximate surface area is 173 Å². The number of allylic oxidation sites excluding steroid dienone is 1. The van der Waals surface area contributed by atoms with Crippen LogP contribution in [0.4, 0.5) is 0 Å². The first-order valence-electron chi connectivity index (χ1n) is 8.78. The van der Waals surface area contributed by atoms with Crippen LogP contribution >= 0.6 is 7.60 Å². The molecule has 0 fully saturated rings. The maximum absolute atomic E-state index is 12.7. The fourth-order valence-corrected chi connectivity index (χ4v) is 3.63. The Morgan fingerprint density at radius 3 is 1.97 bits per heavy atom. The largest absolute Gasteiger partial charge is 0.484 e. The van der Waals surface area contributed by atoms with Crippen LogP contribution in [-0.2, 0) is 51.7 Å². The molecule has 12 nitrogen and oxygen atoms in total. The van der Waals surface area contributed by atoms with Gasteiger partial charge in [-0.3, -0.25) is 23.7 Å². The summed E-state index contributed by atoms with van der Waals surface area (Å²) >= 11 is 0. The number of rotatable bonds is 9. The van der Waals surface area contributed by atoms with E-state index in [-0.39, 0.29) is 18.1 Å². The van der Waals surface area contributed by atoms with Crippen molar-refractivity contribution in [1.29, 1.82) is 0 Å². The lowest BCUT2D eigenvalue weighted by atomic mass is 10.0. The molecule has 13 heteroatoms. The number of esters is 3. The van der Waals surface area contributed by atoms with E-state index in [0.717, 1.165) is 35.0 Å². The maximum atomic E-state index is 12.7. The summed E-state index contributed by atoms with van der Waals surface area (Å²) in [6.45, 7) is 4.20. The number of carbonyl (C=O) groups excluding carboxylic acids is 4. The van der Waals surface area contributed by atoms with Crippen LogP contribution in [0.2, 0.25) is 0 Å². The van der Waals surface area contributed by atoms with E-state index in [1.165, 1.54) is 6.92 Å². The molecular formula is C17H26NO11P. The normalized spacial score (nSPS) is 21.3. The molecule has 0 aromatic heterocycles. The van der Waals surface area contributed by atoms with Crippen molar-refractivity contribution in [2.24, 2.45) is 0 Å². The molecule has 0 saturated carbocycles. The van der Waals surface area contributed by atoms with Crippen molar-refractivity contribution in [2.75, 3.05) is 27.0 Å². The monoisotopic (exact) mass is 451 g/mol. The average Bonchev–Trinajstić information content (AvgIpc) is 2.63. The smallest absolute Gasteiger partial charge is 0.337 e.